The monoisotopic (exact) mass is 287 g/mol. The molecule has 1 atom stereocenters. The molecule has 112 valence electrons. The summed E-state index contributed by atoms with van der Waals surface area (Å²) in [5.41, 5.74) is 1.09. The van der Waals surface area contributed by atoms with E-state index in [4.69, 9.17) is 4.52 Å². The van der Waals surface area contributed by atoms with Crippen LogP contribution in [0, 0.1) is 6.92 Å². The van der Waals surface area contributed by atoms with Gasteiger partial charge >= 0.3 is 0 Å². The van der Waals surface area contributed by atoms with Gasteiger partial charge in [-0.3, -0.25) is 9.88 Å². The molecule has 6 heteroatoms. The number of nitrogens with zero attached hydrogens (tertiary/aromatic N) is 4. The maximum atomic E-state index is 5.03. The molecule has 0 amide bonds. The van der Waals surface area contributed by atoms with Gasteiger partial charge in [0, 0.05) is 32.3 Å². The minimum Gasteiger partial charge on any atom is -0.340 e. The van der Waals surface area contributed by atoms with Crippen LogP contribution < -0.4 is 5.32 Å². The van der Waals surface area contributed by atoms with Crippen LogP contribution in [0.5, 0.6) is 0 Å². The van der Waals surface area contributed by atoms with E-state index in [1.807, 2.05) is 25.3 Å². The van der Waals surface area contributed by atoms with Crippen LogP contribution in [0.2, 0.25) is 0 Å². The molecule has 2 aromatic rings. The van der Waals surface area contributed by atoms with Crippen molar-refractivity contribution >= 4 is 0 Å². The van der Waals surface area contributed by atoms with Crippen molar-refractivity contribution in [3.05, 3.63) is 41.8 Å². The molecule has 0 spiro atoms. The molecule has 0 bridgehead atoms. The fourth-order valence-electron chi connectivity index (χ4n) is 2.72. The summed E-state index contributed by atoms with van der Waals surface area (Å²) in [6, 6.07) is 6.51. The summed E-state index contributed by atoms with van der Waals surface area (Å²) in [5, 5.41) is 7.56. The van der Waals surface area contributed by atoms with Gasteiger partial charge in [0.05, 0.1) is 12.2 Å². The standard InChI is InChI=1S/C15H21N5O/c1-12-18-15(19-21-12)11-20-8-4-6-14(10-20)17-9-13-5-2-3-7-16-13/h2-3,5,7,14,17H,4,6,8-11H2,1H3. The quantitative estimate of drug-likeness (QED) is 0.899. The number of pyridine rings is 1. The van der Waals surface area contributed by atoms with E-state index in [9.17, 15) is 0 Å². The largest absolute Gasteiger partial charge is 0.340 e. The van der Waals surface area contributed by atoms with E-state index in [0.29, 0.717) is 11.9 Å². The lowest BCUT2D eigenvalue weighted by Gasteiger charge is -2.32. The van der Waals surface area contributed by atoms with Gasteiger partial charge in [-0.15, -0.1) is 0 Å². The second-order valence-electron chi connectivity index (χ2n) is 5.51. The lowest BCUT2D eigenvalue weighted by atomic mass is 10.1. The second-order valence-corrected chi connectivity index (χ2v) is 5.51. The van der Waals surface area contributed by atoms with Crippen LogP contribution in [0.1, 0.15) is 30.3 Å². The van der Waals surface area contributed by atoms with Crippen LogP contribution in [-0.4, -0.2) is 39.2 Å². The fourth-order valence-corrected chi connectivity index (χ4v) is 2.72. The number of hydrogen-bond acceptors (Lipinski definition) is 6. The lowest BCUT2D eigenvalue weighted by molar-refractivity contribution is 0.177. The summed E-state index contributed by atoms with van der Waals surface area (Å²) >= 11 is 0. The third kappa shape index (κ3) is 4.09. The predicted molar refractivity (Wildman–Crippen MR) is 78.4 cm³/mol. The van der Waals surface area contributed by atoms with Crippen LogP contribution in [0.4, 0.5) is 0 Å². The van der Waals surface area contributed by atoms with Crippen LogP contribution in [0.3, 0.4) is 0 Å². The van der Waals surface area contributed by atoms with Gasteiger partial charge in [0.25, 0.3) is 0 Å². The van der Waals surface area contributed by atoms with Gasteiger partial charge in [0.2, 0.25) is 5.89 Å². The zero-order chi connectivity index (χ0) is 14.5. The molecule has 0 aliphatic carbocycles. The van der Waals surface area contributed by atoms with Gasteiger partial charge in [0.1, 0.15) is 0 Å². The SMILES string of the molecule is Cc1nc(CN2CCCC(NCc3ccccn3)C2)no1. The van der Waals surface area contributed by atoms with Gasteiger partial charge in [-0.2, -0.15) is 4.98 Å². The van der Waals surface area contributed by atoms with E-state index in [2.05, 4.69) is 31.4 Å². The highest BCUT2D eigenvalue weighted by Crippen LogP contribution is 2.13. The lowest BCUT2D eigenvalue weighted by Crippen LogP contribution is -2.45. The van der Waals surface area contributed by atoms with Crippen molar-refractivity contribution in [1.29, 1.82) is 0 Å². The zero-order valence-corrected chi connectivity index (χ0v) is 12.3. The highest BCUT2D eigenvalue weighted by Gasteiger charge is 2.20. The first-order valence-electron chi connectivity index (χ1n) is 7.44. The van der Waals surface area contributed by atoms with Crippen molar-refractivity contribution in [3.8, 4) is 0 Å². The molecule has 1 aliphatic heterocycles. The van der Waals surface area contributed by atoms with Crippen molar-refractivity contribution in [3.63, 3.8) is 0 Å². The number of likely N-dealkylation sites (tertiary alicyclic amines) is 1. The van der Waals surface area contributed by atoms with E-state index in [0.717, 1.165) is 37.7 Å². The molecule has 1 unspecified atom stereocenters. The molecular weight excluding hydrogens is 266 g/mol. The maximum Gasteiger partial charge on any atom is 0.223 e. The van der Waals surface area contributed by atoms with Crippen molar-refractivity contribution in [2.24, 2.45) is 0 Å². The molecule has 6 nitrogen and oxygen atoms in total. The summed E-state index contributed by atoms with van der Waals surface area (Å²) in [7, 11) is 0. The van der Waals surface area contributed by atoms with E-state index >= 15 is 0 Å². The van der Waals surface area contributed by atoms with Crippen LogP contribution in [-0.2, 0) is 13.1 Å². The summed E-state index contributed by atoms with van der Waals surface area (Å²) in [6.07, 6.45) is 4.23. The number of hydrogen-bond donors (Lipinski definition) is 1. The highest BCUT2D eigenvalue weighted by molar-refractivity contribution is 5.03. The average molecular weight is 287 g/mol. The first-order valence-corrected chi connectivity index (χ1v) is 7.44. The van der Waals surface area contributed by atoms with Crippen molar-refractivity contribution in [1.82, 2.24) is 25.3 Å². The summed E-state index contributed by atoms with van der Waals surface area (Å²) in [4.78, 5) is 11.0. The second kappa shape index (κ2) is 6.78. The highest BCUT2D eigenvalue weighted by atomic mass is 16.5. The molecule has 0 aromatic carbocycles. The van der Waals surface area contributed by atoms with E-state index in [1.165, 1.54) is 12.8 Å². The third-order valence-electron chi connectivity index (χ3n) is 3.74. The number of rotatable bonds is 5. The topological polar surface area (TPSA) is 67.1 Å². The Morgan fingerprint density at radius 3 is 3.14 bits per heavy atom. The Bertz CT molecular complexity index is 556. The van der Waals surface area contributed by atoms with E-state index in [-0.39, 0.29) is 0 Å². The molecule has 21 heavy (non-hydrogen) atoms. The number of piperidine rings is 1. The van der Waals surface area contributed by atoms with Gasteiger partial charge in [-0.1, -0.05) is 11.2 Å². The molecule has 1 saturated heterocycles. The number of aromatic nitrogens is 3. The molecule has 1 fully saturated rings. The summed E-state index contributed by atoms with van der Waals surface area (Å²) in [6.45, 7) is 5.51. The Morgan fingerprint density at radius 2 is 2.38 bits per heavy atom. The molecular formula is C15H21N5O. The normalized spacial score (nSPS) is 19.8. The van der Waals surface area contributed by atoms with Gasteiger partial charge in [0.15, 0.2) is 5.82 Å². The Morgan fingerprint density at radius 1 is 1.43 bits per heavy atom. The van der Waals surface area contributed by atoms with E-state index < -0.39 is 0 Å². The predicted octanol–water partition coefficient (Wildman–Crippen LogP) is 1.53. The van der Waals surface area contributed by atoms with Gasteiger partial charge in [-0.25, -0.2) is 0 Å². The molecule has 0 radical (unpaired) electrons. The minimum atomic E-state index is 0.494. The minimum absolute atomic E-state index is 0.494. The molecule has 0 saturated carbocycles. The van der Waals surface area contributed by atoms with Crippen LogP contribution >= 0.6 is 0 Å². The van der Waals surface area contributed by atoms with E-state index in [1.54, 1.807) is 0 Å². The average Bonchev–Trinajstić information content (AvgIpc) is 2.92. The van der Waals surface area contributed by atoms with Crippen molar-refractivity contribution < 1.29 is 4.52 Å². The Balaban J connectivity index is 1.49. The van der Waals surface area contributed by atoms with Crippen molar-refractivity contribution in [2.45, 2.75) is 38.9 Å². The summed E-state index contributed by atoms with van der Waals surface area (Å²) < 4.78 is 5.03. The van der Waals surface area contributed by atoms with Crippen LogP contribution in [0.25, 0.3) is 0 Å². The Hall–Kier alpha value is -1.79. The third-order valence-corrected chi connectivity index (χ3v) is 3.74. The molecule has 2 aromatic heterocycles. The first kappa shape index (κ1) is 14.2. The maximum absolute atomic E-state index is 5.03. The number of nitrogens with one attached hydrogen (secondary N) is 1. The fraction of sp³-hybridized carbons (Fsp3) is 0.533. The van der Waals surface area contributed by atoms with Crippen molar-refractivity contribution in [2.75, 3.05) is 13.1 Å². The first-order chi connectivity index (χ1) is 10.3. The summed E-state index contributed by atoms with van der Waals surface area (Å²) in [5.74, 6) is 1.41. The van der Waals surface area contributed by atoms with Crippen LogP contribution in [0.15, 0.2) is 28.9 Å². The zero-order valence-electron chi connectivity index (χ0n) is 12.3. The smallest absolute Gasteiger partial charge is 0.223 e. The number of aryl methyl sites for hydroxylation is 1. The molecule has 3 rings (SSSR count). The molecule has 3 heterocycles. The Labute approximate surface area is 124 Å². The molecule has 1 aliphatic rings. The Kier molecular flexibility index (Phi) is 4.57. The van der Waals surface area contributed by atoms with Gasteiger partial charge in [-0.05, 0) is 31.5 Å². The van der Waals surface area contributed by atoms with Gasteiger partial charge < -0.3 is 9.84 Å². The molecule has 1 N–H and O–H groups in total.